The van der Waals surface area contributed by atoms with Crippen LogP contribution in [-0.4, -0.2) is 32.2 Å². The molecule has 0 fully saturated rings. The van der Waals surface area contributed by atoms with Gasteiger partial charge in [0.25, 0.3) is 10.0 Å². The lowest BCUT2D eigenvalue weighted by atomic mass is 10.2. The Balaban J connectivity index is 2.44. The summed E-state index contributed by atoms with van der Waals surface area (Å²) in [5.41, 5.74) is 0.462. The van der Waals surface area contributed by atoms with Gasteiger partial charge in [-0.15, -0.1) is 11.3 Å². The predicted octanol–water partition coefficient (Wildman–Crippen LogP) is 1.30. The van der Waals surface area contributed by atoms with Crippen LogP contribution in [0.5, 0.6) is 5.75 Å². The number of rotatable bonds is 4. The Kier molecular flexibility index (Phi) is 4.80. The summed E-state index contributed by atoms with van der Waals surface area (Å²) in [6, 6.07) is 4.51. The molecule has 0 unspecified atom stereocenters. The molecule has 0 amide bonds. The van der Waals surface area contributed by atoms with Gasteiger partial charge in [-0.2, -0.15) is 0 Å². The Morgan fingerprint density at radius 3 is 2.90 bits per heavy atom. The summed E-state index contributed by atoms with van der Waals surface area (Å²) < 4.78 is 32.2. The van der Waals surface area contributed by atoms with E-state index in [1.165, 1.54) is 36.8 Å². The zero-order chi connectivity index (χ0) is 15.3. The van der Waals surface area contributed by atoms with Crippen LogP contribution in [0, 0.1) is 11.8 Å². The van der Waals surface area contributed by atoms with Gasteiger partial charge in [-0.1, -0.05) is 11.8 Å². The first-order valence-electron chi connectivity index (χ1n) is 5.77. The Hall–Kier alpha value is -2.08. The average Bonchev–Trinajstić information content (AvgIpc) is 2.97. The zero-order valence-electron chi connectivity index (χ0n) is 11.0. The van der Waals surface area contributed by atoms with Gasteiger partial charge in [0.05, 0.1) is 7.11 Å². The topological polar surface area (TPSA) is 88.5 Å². The first-order chi connectivity index (χ1) is 10.1. The molecule has 2 N–H and O–H groups in total. The first-order valence-corrected chi connectivity index (χ1v) is 8.13. The van der Waals surface area contributed by atoms with Crippen molar-refractivity contribution in [3.63, 3.8) is 0 Å². The summed E-state index contributed by atoms with van der Waals surface area (Å²) in [4.78, 5) is 3.84. The largest absolute Gasteiger partial charge is 0.495 e. The fourth-order valence-corrected chi connectivity index (χ4v) is 3.53. The lowest BCUT2D eigenvalue weighted by molar-refractivity contribution is 0.350. The summed E-state index contributed by atoms with van der Waals surface area (Å²) in [6.07, 6.45) is 1.50. The number of aliphatic hydroxyl groups excluding tert-OH is 1. The van der Waals surface area contributed by atoms with Gasteiger partial charge in [0.2, 0.25) is 0 Å². The van der Waals surface area contributed by atoms with E-state index in [1.807, 2.05) is 0 Å². The van der Waals surface area contributed by atoms with Crippen LogP contribution in [-0.2, 0) is 10.0 Å². The maximum Gasteiger partial charge on any atom is 0.267 e. The minimum atomic E-state index is -3.83. The number of sulfonamides is 1. The molecule has 1 heterocycles. The normalized spacial score (nSPS) is 10.6. The number of benzene rings is 1. The van der Waals surface area contributed by atoms with Gasteiger partial charge in [0, 0.05) is 17.1 Å². The summed E-state index contributed by atoms with van der Waals surface area (Å²) >= 11 is 1.17. The maximum atomic E-state index is 12.4. The summed E-state index contributed by atoms with van der Waals surface area (Å²) in [6.45, 7) is -0.300. The highest BCUT2D eigenvalue weighted by atomic mass is 32.2. The van der Waals surface area contributed by atoms with Gasteiger partial charge in [-0.05, 0) is 18.2 Å². The molecule has 0 saturated heterocycles. The SMILES string of the molecule is COc1ccc(C#CCO)cc1S(=O)(=O)Nc1nccs1. The van der Waals surface area contributed by atoms with E-state index in [0.717, 1.165) is 0 Å². The Morgan fingerprint density at radius 2 is 2.29 bits per heavy atom. The van der Waals surface area contributed by atoms with Crippen molar-refractivity contribution in [2.75, 3.05) is 18.4 Å². The van der Waals surface area contributed by atoms with Gasteiger partial charge in [-0.3, -0.25) is 4.72 Å². The third-order valence-corrected chi connectivity index (χ3v) is 4.60. The van der Waals surface area contributed by atoms with Crippen molar-refractivity contribution >= 4 is 26.5 Å². The van der Waals surface area contributed by atoms with Crippen LogP contribution in [0.15, 0.2) is 34.7 Å². The molecule has 0 spiro atoms. The second kappa shape index (κ2) is 6.58. The Labute approximate surface area is 126 Å². The molecule has 8 heteroatoms. The molecule has 0 aliphatic rings. The lowest BCUT2D eigenvalue weighted by Gasteiger charge is -2.10. The van der Waals surface area contributed by atoms with E-state index >= 15 is 0 Å². The van der Waals surface area contributed by atoms with Crippen LogP contribution in [0.4, 0.5) is 5.13 Å². The lowest BCUT2D eigenvalue weighted by Crippen LogP contribution is -2.14. The quantitative estimate of drug-likeness (QED) is 0.828. The average molecular weight is 324 g/mol. The van der Waals surface area contributed by atoms with Gasteiger partial charge in [0.1, 0.15) is 17.3 Å². The van der Waals surface area contributed by atoms with Crippen LogP contribution in [0.1, 0.15) is 5.56 Å². The van der Waals surface area contributed by atoms with Crippen molar-refractivity contribution in [3.05, 3.63) is 35.3 Å². The number of anilines is 1. The van der Waals surface area contributed by atoms with Crippen molar-refractivity contribution in [3.8, 4) is 17.6 Å². The third-order valence-electron chi connectivity index (χ3n) is 2.42. The number of methoxy groups -OCH3 is 1. The highest BCUT2D eigenvalue weighted by Crippen LogP contribution is 2.27. The predicted molar refractivity (Wildman–Crippen MR) is 79.9 cm³/mol. The smallest absolute Gasteiger partial charge is 0.267 e. The fraction of sp³-hybridized carbons (Fsp3) is 0.154. The maximum absolute atomic E-state index is 12.4. The molecule has 0 atom stereocenters. The molecule has 21 heavy (non-hydrogen) atoms. The highest BCUT2D eigenvalue weighted by molar-refractivity contribution is 7.93. The van der Waals surface area contributed by atoms with E-state index in [9.17, 15) is 8.42 Å². The van der Waals surface area contributed by atoms with Crippen LogP contribution in [0.2, 0.25) is 0 Å². The number of hydrogen-bond acceptors (Lipinski definition) is 6. The molecule has 0 saturated carbocycles. The van der Waals surface area contributed by atoms with E-state index < -0.39 is 10.0 Å². The monoisotopic (exact) mass is 324 g/mol. The molecular weight excluding hydrogens is 312 g/mol. The number of nitrogens with one attached hydrogen (secondary N) is 1. The van der Waals surface area contributed by atoms with Crippen LogP contribution >= 0.6 is 11.3 Å². The molecule has 6 nitrogen and oxygen atoms in total. The number of thiazole rings is 1. The van der Waals surface area contributed by atoms with Gasteiger partial charge in [-0.25, -0.2) is 13.4 Å². The van der Waals surface area contributed by atoms with Crippen molar-refractivity contribution in [2.24, 2.45) is 0 Å². The minimum Gasteiger partial charge on any atom is -0.495 e. The molecule has 0 aliphatic carbocycles. The first kappa shape index (κ1) is 15.3. The fourth-order valence-electron chi connectivity index (χ4n) is 1.55. The zero-order valence-corrected chi connectivity index (χ0v) is 12.7. The molecule has 1 aromatic carbocycles. The minimum absolute atomic E-state index is 0.0371. The molecule has 0 bridgehead atoms. The summed E-state index contributed by atoms with van der Waals surface area (Å²) in [5, 5.41) is 10.6. The standard InChI is InChI=1S/C13H12N2O4S2/c1-19-11-5-4-10(3-2-7-16)9-12(11)21(17,18)15-13-14-6-8-20-13/h4-6,8-9,16H,7H2,1H3,(H,14,15). The molecule has 0 aliphatic heterocycles. The second-order valence-corrected chi connectivity index (χ2v) is 6.31. The third kappa shape index (κ3) is 3.72. The molecule has 0 radical (unpaired) electrons. The van der Waals surface area contributed by atoms with Gasteiger partial charge >= 0.3 is 0 Å². The number of aliphatic hydroxyl groups is 1. The second-order valence-electron chi connectivity index (χ2n) is 3.77. The van der Waals surface area contributed by atoms with E-state index in [4.69, 9.17) is 9.84 Å². The Morgan fingerprint density at radius 1 is 1.48 bits per heavy atom. The van der Waals surface area contributed by atoms with Gasteiger partial charge < -0.3 is 9.84 Å². The van der Waals surface area contributed by atoms with E-state index in [-0.39, 0.29) is 22.4 Å². The summed E-state index contributed by atoms with van der Waals surface area (Å²) in [7, 11) is -2.45. The molecular formula is C13H12N2O4S2. The van der Waals surface area contributed by atoms with E-state index in [0.29, 0.717) is 5.56 Å². The van der Waals surface area contributed by atoms with E-state index in [1.54, 1.807) is 11.4 Å². The summed E-state index contributed by atoms with van der Waals surface area (Å²) in [5.74, 6) is 5.32. The van der Waals surface area contributed by atoms with Crippen molar-refractivity contribution < 1.29 is 18.3 Å². The van der Waals surface area contributed by atoms with Crippen molar-refractivity contribution in [1.29, 1.82) is 0 Å². The van der Waals surface area contributed by atoms with E-state index in [2.05, 4.69) is 21.5 Å². The molecule has 2 aromatic rings. The van der Waals surface area contributed by atoms with Crippen molar-refractivity contribution in [1.82, 2.24) is 4.98 Å². The highest BCUT2D eigenvalue weighted by Gasteiger charge is 2.21. The number of hydrogen-bond donors (Lipinski definition) is 2. The molecule has 1 aromatic heterocycles. The molecule has 2 rings (SSSR count). The number of aromatic nitrogens is 1. The van der Waals surface area contributed by atoms with Crippen molar-refractivity contribution in [2.45, 2.75) is 4.90 Å². The Bertz CT molecular complexity index is 774. The van der Waals surface area contributed by atoms with Crippen LogP contribution in [0.25, 0.3) is 0 Å². The number of ether oxygens (including phenoxy) is 1. The molecule has 110 valence electrons. The number of nitrogens with zero attached hydrogens (tertiary/aromatic N) is 1. The van der Waals surface area contributed by atoms with Crippen LogP contribution < -0.4 is 9.46 Å². The van der Waals surface area contributed by atoms with Crippen LogP contribution in [0.3, 0.4) is 0 Å². The van der Waals surface area contributed by atoms with Gasteiger partial charge in [0.15, 0.2) is 5.13 Å².